The van der Waals surface area contributed by atoms with Gasteiger partial charge in [-0.1, -0.05) is 6.07 Å². The topological polar surface area (TPSA) is 71.9 Å². The van der Waals surface area contributed by atoms with E-state index in [4.69, 9.17) is 4.74 Å². The fourth-order valence-electron chi connectivity index (χ4n) is 3.58. The first-order valence-corrected chi connectivity index (χ1v) is 8.90. The van der Waals surface area contributed by atoms with Crippen LogP contribution in [-0.2, 0) is 20.9 Å². The Labute approximate surface area is 147 Å². The lowest BCUT2D eigenvalue weighted by atomic mass is 10.1. The number of morpholine rings is 1. The van der Waals surface area contributed by atoms with Crippen LogP contribution in [0, 0.1) is 6.92 Å². The zero-order chi connectivity index (χ0) is 17.8. The van der Waals surface area contributed by atoms with Crippen LogP contribution >= 0.6 is 0 Å². The van der Waals surface area contributed by atoms with Gasteiger partial charge in [0.25, 0.3) is 5.56 Å². The molecule has 0 spiro atoms. The normalized spacial score (nSPS) is 20.8. The van der Waals surface area contributed by atoms with Gasteiger partial charge in [-0.2, -0.15) is 0 Å². The maximum absolute atomic E-state index is 12.7. The number of likely N-dealkylation sites (tertiary alicyclic amines) is 1. The molecule has 3 rings (SSSR count). The Bertz CT molecular complexity index is 694. The zero-order valence-electron chi connectivity index (χ0n) is 14.6. The Hall–Kier alpha value is -2.15. The van der Waals surface area contributed by atoms with Gasteiger partial charge in [0.05, 0.1) is 13.2 Å². The predicted molar refractivity (Wildman–Crippen MR) is 92.2 cm³/mol. The van der Waals surface area contributed by atoms with E-state index in [0.29, 0.717) is 45.8 Å². The Kier molecular flexibility index (Phi) is 5.53. The number of hydrogen-bond donors (Lipinski definition) is 0. The summed E-state index contributed by atoms with van der Waals surface area (Å²) >= 11 is 0. The molecule has 0 radical (unpaired) electrons. The molecule has 2 fully saturated rings. The summed E-state index contributed by atoms with van der Waals surface area (Å²) in [7, 11) is 0. The highest BCUT2D eigenvalue weighted by Crippen LogP contribution is 2.21. The maximum Gasteiger partial charge on any atom is 0.250 e. The molecule has 136 valence electrons. The third-order valence-electron chi connectivity index (χ3n) is 5.00. The number of aromatic nitrogens is 1. The lowest BCUT2D eigenvalue weighted by Crippen LogP contribution is -2.51. The summed E-state index contributed by atoms with van der Waals surface area (Å²) in [6.45, 7) is 5.12. The van der Waals surface area contributed by atoms with Crippen molar-refractivity contribution < 1.29 is 14.3 Å². The van der Waals surface area contributed by atoms with Crippen molar-refractivity contribution >= 4 is 11.8 Å². The molecule has 2 aliphatic heterocycles. The third-order valence-corrected chi connectivity index (χ3v) is 5.00. The number of carbonyl (C=O) groups excluding carboxylic acids is 2. The van der Waals surface area contributed by atoms with Gasteiger partial charge in [0, 0.05) is 44.4 Å². The van der Waals surface area contributed by atoms with E-state index in [1.807, 2.05) is 13.0 Å². The molecule has 1 atom stereocenters. The SMILES string of the molecule is Cc1cccc(=O)n1CCC(=O)N1CCC[C@H]1C(=O)N1CCOCC1. The van der Waals surface area contributed by atoms with Gasteiger partial charge >= 0.3 is 0 Å². The van der Waals surface area contributed by atoms with E-state index in [1.54, 1.807) is 20.4 Å². The number of nitrogens with zero attached hydrogens (tertiary/aromatic N) is 3. The van der Waals surface area contributed by atoms with E-state index in [2.05, 4.69) is 0 Å². The van der Waals surface area contributed by atoms with Crippen molar-refractivity contribution in [1.82, 2.24) is 14.4 Å². The van der Waals surface area contributed by atoms with Crippen molar-refractivity contribution in [3.8, 4) is 0 Å². The van der Waals surface area contributed by atoms with Gasteiger partial charge in [0.15, 0.2) is 0 Å². The molecule has 2 saturated heterocycles. The zero-order valence-corrected chi connectivity index (χ0v) is 14.6. The summed E-state index contributed by atoms with van der Waals surface area (Å²) in [5, 5.41) is 0. The summed E-state index contributed by atoms with van der Waals surface area (Å²) in [4.78, 5) is 40.8. The van der Waals surface area contributed by atoms with Gasteiger partial charge in [-0.3, -0.25) is 14.4 Å². The highest BCUT2D eigenvalue weighted by atomic mass is 16.5. The molecular weight excluding hydrogens is 322 g/mol. The molecule has 7 nitrogen and oxygen atoms in total. The fourth-order valence-corrected chi connectivity index (χ4v) is 3.58. The Morgan fingerprint density at radius 2 is 1.96 bits per heavy atom. The van der Waals surface area contributed by atoms with Gasteiger partial charge in [0.1, 0.15) is 6.04 Å². The summed E-state index contributed by atoms with van der Waals surface area (Å²) in [5.41, 5.74) is 0.734. The molecular formula is C18H25N3O4. The average molecular weight is 347 g/mol. The van der Waals surface area contributed by atoms with Crippen LogP contribution in [0.2, 0.25) is 0 Å². The molecule has 2 aliphatic rings. The Balaban J connectivity index is 1.62. The minimum Gasteiger partial charge on any atom is -0.378 e. The lowest BCUT2D eigenvalue weighted by Gasteiger charge is -2.32. The molecule has 3 heterocycles. The summed E-state index contributed by atoms with van der Waals surface area (Å²) in [5.74, 6) is -0.0264. The second kappa shape index (κ2) is 7.82. The molecule has 0 saturated carbocycles. The first-order chi connectivity index (χ1) is 12.1. The monoisotopic (exact) mass is 347 g/mol. The fraction of sp³-hybridized carbons (Fsp3) is 0.611. The number of carbonyl (C=O) groups is 2. The molecule has 0 aliphatic carbocycles. The number of hydrogen-bond acceptors (Lipinski definition) is 4. The average Bonchev–Trinajstić information content (AvgIpc) is 3.11. The van der Waals surface area contributed by atoms with Crippen molar-refractivity contribution in [3.05, 3.63) is 34.2 Å². The quantitative estimate of drug-likeness (QED) is 0.790. The largest absolute Gasteiger partial charge is 0.378 e. The second-order valence-electron chi connectivity index (χ2n) is 6.59. The molecule has 1 aromatic rings. The highest BCUT2D eigenvalue weighted by molar-refractivity contribution is 5.88. The summed E-state index contributed by atoms with van der Waals surface area (Å²) in [6, 6.07) is 4.71. The van der Waals surface area contributed by atoms with Crippen molar-refractivity contribution in [2.24, 2.45) is 0 Å². The smallest absolute Gasteiger partial charge is 0.250 e. The lowest BCUT2D eigenvalue weighted by molar-refractivity contribution is -0.146. The first-order valence-electron chi connectivity index (χ1n) is 8.90. The molecule has 25 heavy (non-hydrogen) atoms. The van der Waals surface area contributed by atoms with E-state index in [9.17, 15) is 14.4 Å². The van der Waals surface area contributed by atoms with Crippen LogP contribution in [0.1, 0.15) is 25.0 Å². The molecule has 2 amide bonds. The van der Waals surface area contributed by atoms with Crippen molar-refractivity contribution in [2.45, 2.75) is 38.8 Å². The van der Waals surface area contributed by atoms with E-state index in [-0.39, 0.29) is 29.8 Å². The van der Waals surface area contributed by atoms with Gasteiger partial charge in [-0.15, -0.1) is 0 Å². The Morgan fingerprint density at radius 3 is 2.68 bits per heavy atom. The van der Waals surface area contributed by atoms with Crippen molar-refractivity contribution in [1.29, 1.82) is 0 Å². The standard InChI is InChI=1S/C18H25N3O4/c1-14-4-2-6-16(22)20(14)9-7-17(23)21-8-3-5-15(21)18(24)19-10-12-25-13-11-19/h2,4,6,15H,3,5,7-13H2,1H3/t15-/m0/s1. The van der Waals surface area contributed by atoms with Crippen LogP contribution in [0.15, 0.2) is 23.0 Å². The third kappa shape index (κ3) is 3.92. The van der Waals surface area contributed by atoms with Gasteiger partial charge < -0.3 is 19.1 Å². The number of ether oxygens (including phenoxy) is 1. The molecule has 0 bridgehead atoms. The van der Waals surface area contributed by atoms with Crippen molar-refractivity contribution in [2.75, 3.05) is 32.8 Å². The van der Waals surface area contributed by atoms with Crippen LogP contribution in [0.25, 0.3) is 0 Å². The van der Waals surface area contributed by atoms with E-state index >= 15 is 0 Å². The minimum absolute atomic E-state index is 0.0298. The number of rotatable bonds is 4. The molecule has 0 N–H and O–H groups in total. The van der Waals surface area contributed by atoms with Crippen LogP contribution in [0.5, 0.6) is 0 Å². The van der Waals surface area contributed by atoms with Crippen LogP contribution in [0.4, 0.5) is 0 Å². The second-order valence-corrected chi connectivity index (χ2v) is 6.59. The number of amides is 2. The molecule has 0 aromatic carbocycles. The Morgan fingerprint density at radius 1 is 1.20 bits per heavy atom. The maximum atomic E-state index is 12.7. The van der Waals surface area contributed by atoms with E-state index in [1.165, 1.54) is 6.07 Å². The number of aryl methyl sites for hydroxylation is 1. The summed E-state index contributed by atoms with van der Waals surface area (Å²) < 4.78 is 6.89. The minimum atomic E-state index is -0.362. The first kappa shape index (κ1) is 17.7. The van der Waals surface area contributed by atoms with Gasteiger partial charge in [-0.25, -0.2) is 0 Å². The van der Waals surface area contributed by atoms with E-state index < -0.39 is 0 Å². The van der Waals surface area contributed by atoms with Gasteiger partial charge in [0.2, 0.25) is 11.8 Å². The summed E-state index contributed by atoms with van der Waals surface area (Å²) in [6.07, 6.45) is 1.79. The molecule has 1 aromatic heterocycles. The molecule has 0 unspecified atom stereocenters. The predicted octanol–water partition coefficient (Wildman–Crippen LogP) is 0.397. The van der Waals surface area contributed by atoms with E-state index in [0.717, 1.165) is 12.1 Å². The highest BCUT2D eigenvalue weighted by Gasteiger charge is 2.36. The van der Waals surface area contributed by atoms with Crippen LogP contribution in [-0.4, -0.2) is 65.1 Å². The number of pyridine rings is 1. The van der Waals surface area contributed by atoms with Gasteiger partial charge in [-0.05, 0) is 25.8 Å². The van der Waals surface area contributed by atoms with Crippen LogP contribution < -0.4 is 5.56 Å². The molecule has 7 heteroatoms. The van der Waals surface area contributed by atoms with Crippen molar-refractivity contribution in [3.63, 3.8) is 0 Å². The van der Waals surface area contributed by atoms with Crippen LogP contribution in [0.3, 0.4) is 0 Å².